The molecular weight excluding hydrogens is 196 g/mol. The van der Waals surface area contributed by atoms with Crippen LogP contribution in [0.1, 0.15) is 26.3 Å². The largest absolute Gasteiger partial charge is 0.380 e. The van der Waals surface area contributed by atoms with Gasteiger partial charge in [-0.05, 0) is 38.5 Å². The molecule has 0 heterocycles. The zero-order valence-corrected chi connectivity index (χ0v) is 9.65. The van der Waals surface area contributed by atoms with E-state index in [-0.39, 0.29) is 5.54 Å². The summed E-state index contributed by atoms with van der Waals surface area (Å²) in [5, 5.41) is 4.11. The molecule has 0 amide bonds. The van der Waals surface area contributed by atoms with Crippen molar-refractivity contribution in [1.82, 2.24) is 0 Å². The third kappa shape index (κ3) is 3.20. The van der Waals surface area contributed by atoms with E-state index in [1.54, 1.807) is 0 Å². The summed E-state index contributed by atoms with van der Waals surface area (Å²) in [4.78, 5) is 0. The molecule has 0 aliphatic heterocycles. The van der Waals surface area contributed by atoms with Gasteiger partial charge in [-0.25, -0.2) is 0 Å². The Labute approximate surface area is 90.4 Å². The van der Waals surface area contributed by atoms with Crippen LogP contribution >= 0.6 is 11.6 Å². The molecule has 3 heteroatoms. The molecule has 0 aliphatic carbocycles. The maximum absolute atomic E-state index is 5.92. The topological polar surface area (TPSA) is 38.0 Å². The third-order valence-corrected chi connectivity index (χ3v) is 2.04. The maximum Gasteiger partial charge on any atom is 0.0426 e. The average molecular weight is 213 g/mol. The van der Waals surface area contributed by atoms with Crippen LogP contribution in [0.3, 0.4) is 0 Å². The Kier molecular flexibility index (Phi) is 3.40. The minimum atomic E-state index is 0.0224. The van der Waals surface area contributed by atoms with E-state index in [9.17, 15) is 0 Å². The van der Waals surface area contributed by atoms with E-state index >= 15 is 0 Å². The number of anilines is 1. The molecule has 0 saturated heterocycles. The summed E-state index contributed by atoms with van der Waals surface area (Å²) >= 11 is 5.92. The summed E-state index contributed by atoms with van der Waals surface area (Å²) in [5.41, 5.74) is 7.77. The number of benzene rings is 1. The molecule has 0 radical (unpaired) electrons. The van der Waals surface area contributed by atoms with E-state index in [4.69, 9.17) is 17.3 Å². The van der Waals surface area contributed by atoms with E-state index in [1.807, 2.05) is 18.2 Å². The fourth-order valence-corrected chi connectivity index (χ4v) is 1.42. The second kappa shape index (κ2) is 4.20. The lowest BCUT2D eigenvalue weighted by molar-refractivity contribution is 0.633. The number of rotatable bonds is 2. The van der Waals surface area contributed by atoms with Crippen LogP contribution in [0.25, 0.3) is 0 Å². The molecule has 78 valence electrons. The van der Waals surface area contributed by atoms with E-state index in [2.05, 4.69) is 26.1 Å². The highest BCUT2D eigenvalue weighted by Crippen LogP contribution is 2.23. The van der Waals surface area contributed by atoms with Crippen molar-refractivity contribution in [3.63, 3.8) is 0 Å². The summed E-state index contributed by atoms with van der Waals surface area (Å²) in [6.07, 6.45) is 0. The molecule has 0 unspecified atom stereocenters. The number of nitrogens with two attached hydrogens (primary N) is 1. The van der Waals surface area contributed by atoms with Crippen LogP contribution in [0.15, 0.2) is 18.2 Å². The second-order valence-corrected chi connectivity index (χ2v) is 4.82. The highest BCUT2D eigenvalue weighted by Gasteiger charge is 2.11. The lowest BCUT2D eigenvalue weighted by atomic mass is 10.1. The highest BCUT2D eigenvalue weighted by molar-refractivity contribution is 6.30. The van der Waals surface area contributed by atoms with E-state index in [1.165, 1.54) is 0 Å². The Morgan fingerprint density at radius 1 is 1.36 bits per heavy atom. The van der Waals surface area contributed by atoms with E-state index in [0.717, 1.165) is 16.3 Å². The lowest BCUT2D eigenvalue weighted by Crippen LogP contribution is -2.27. The standard InChI is InChI=1S/C11H17ClN2/c1-11(2,3)14-10-6-9(12)5-4-8(10)7-13/h4-6,14H,7,13H2,1-3H3. The van der Waals surface area contributed by atoms with Crippen molar-refractivity contribution in [3.8, 4) is 0 Å². The van der Waals surface area contributed by atoms with Crippen LogP contribution in [0, 0.1) is 0 Å². The van der Waals surface area contributed by atoms with Crippen molar-refractivity contribution >= 4 is 17.3 Å². The van der Waals surface area contributed by atoms with E-state index in [0.29, 0.717) is 6.54 Å². The van der Waals surface area contributed by atoms with Gasteiger partial charge in [-0.15, -0.1) is 0 Å². The first-order valence-corrected chi connectivity index (χ1v) is 5.07. The Morgan fingerprint density at radius 3 is 2.50 bits per heavy atom. The molecule has 0 aliphatic rings. The molecule has 14 heavy (non-hydrogen) atoms. The maximum atomic E-state index is 5.92. The van der Waals surface area contributed by atoms with Gasteiger partial charge in [0.1, 0.15) is 0 Å². The first-order valence-electron chi connectivity index (χ1n) is 4.69. The SMILES string of the molecule is CC(C)(C)Nc1cc(Cl)ccc1CN. The Bertz CT molecular complexity index is 316. The number of halogens is 1. The van der Waals surface area contributed by atoms with Gasteiger partial charge in [0.05, 0.1) is 0 Å². The van der Waals surface area contributed by atoms with Gasteiger partial charge in [-0.1, -0.05) is 17.7 Å². The smallest absolute Gasteiger partial charge is 0.0426 e. The van der Waals surface area contributed by atoms with Gasteiger partial charge >= 0.3 is 0 Å². The molecule has 0 spiro atoms. The fraction of sp³-hybridized carbons (Fsp3) is 0.455. The number of nitrogens with one attached hydrogen (secondary N) is 1. The quantitative estimate of drug-likeness (QED) is 0.791. The van der Waals surface area contributed by atoms with Crippen molar-refractivity contribution in [2.24, 2.45) is 5.73 Å². The first kappa shape index (κ1) is 11.3. The second-order valence-electron chi connectivity index (χ2n) is 4.38. The van der Waals surface area contributed by atoms with Crippen molar-refractivity contribution in [2.45, 2.75) is 32.9 Å². The Hall–Kier alpha value is -0.730. The summed E-state index contributed by atoms with van der Waals surface area (Å²) in [6.45, 7) is 6.84. The van der Waals surface area contributed by atoms with E-state index < -0.39 is 0 Å². The molecule has 0 aromatic heterocycles. The summed E-state index contributed by atoms with van der Waals surface area (Å²) in [7, 11) is 0. The van der Waals surface area contributed by atoms with Gasteiger partial charge in [0.15, 0.2) is 0 Å². The number of hydrogen-bond acceptors (Lipinski definition) is 2. The molecule has 0 atom stereocenters. The highest BCUT2D eigenvalue weighted by atomic mass is 35.5. The molecule has 1 aromatic rings. The summed E-state index contributed by atoms with van der Waals surface area (Å²) < 4.78 is 0. The predicted octanol–water partition coefficient (Wildman–Crippen LogP) is 3.01. The van der Waals surface area contributed by atoms with Crippen LogP contribution in [-0.4, -0.2) is 5.54 Å². The average Bonchev–Trinajstić information content (AvgIpc) is 2.01. The molecule has 1 rings (SSSR count). The Balaban J connectivity index is 2.99. The Morgan fingerprint density at radius 2 is 2.00 bits per heavy atom. The molecule has 0 bridgehead atoms. The van der Waals surface area contributed by atoms with Gasteiger partial charge in [-0.2, -0.15) is 0 Å². The zero-order valence-electron chi connectivity index (χ0n) is 8.89. The first-order chi connectivity index (χ1) is 6.42. The van der Waals surface area contributed by atoms with Crippen LogP contribution in [0.5, 0.6) is 0 Å². The van der Waals surface area contributed by atoms with Gasteiger partial charge in [0, 0.05) is 22.8 Å². The fourth-order valence-electron chi connectivity index (χ4n) is 1.25. The normalized spacial score (nSPS) is 11.5. The van der Waals surface area contributed by atoms with Crippen LogP contribution in [0.4, 0.5) is 5.69 Å². The molecule has 0 saturated carbocycles. The summed E-state index contributed by atoms with van der Waals surface area (Å²) in [5.74, 6) is 0. The van der Waals surface area contributed by atoms with Gasteiger partial charge in [0.25, 0.3) is 0 Å². The molecule has 1 aromatic carbocycles. The van der Waals surface area contributed by atoms with Gasteiger partial charge in [-0.3, -0.25) is 0 Å². The molecule has 0 fully saturated rings. The van der Waals surface area contributed by atoms with Crippen molar-refractivity contribution in [2.75, 3.05) is 5.32 Å². The summed E-state index contributed by atoms with van der Waals surface area (Å²) in [6, 6.07) is 5.73. The van der Waals surface area contributed by atoms with Crippen LogP contribution in [-0.2, 0) is 6.54 Å². The molecular formula is C11H17ClN2. The number of hydrogen-bond donors (Lipinski definition) is 2. The van der Waals surface area contributed by atoms with Crippen LogP contribution in [0.2, 0.25) is 5.02 Å². The minimum Gasteiger partial charge on any atom is -0.380 e. The molecule has 2 nitrogen and oxygen atoms in total. The van der Waals surface area contributed by atoms with Crippen LogP contribution < -0.4 is 11.1 Å². The lowest BCUT2D eigenvalue weighted by Gasteiger charge is -2.24. The minimum absolute atomic E-state index is 0.0224. The van der Waals surface area contributed by atoms with Crippen molar-refractivity contribution < 1.29 is 0 Å². The van der Waals surface area contributed by atoms with Crippen molar-refractivity contribution in [3.05, 3.63) is 28.8 Å². The third-order valence-electron chi connectivity index (χ3n) is 1.80. The molecule has 3 N–H and O–H groups in total. The zero-order chi connectivity index (χ0) is 10.8. The van der Waals surface area contributed by atoms with Gasteiger partial charge in [0.2, 0.25) is 0 Å². The monoisotopic (exact) mass is 212 g/mol. The van der Waals surface area contributed by atoms with Gasteiger partial charge < -0.3 is 11.1 Å². The predicted molar refractivity (Wildman–Crippen MR) is 62.7 cm³/mol. The van der Waals surface area contributed by atoms with Crippen molar-refractivity contribution in [1.29, 1.82) is 0 Å².